The Balaban J connectivity index is 2.15. The third kappa shape index (κ3) is 2.77. The summed E-state index contributed by atoms with van der Waals surface area (Å²) in [5.41, 5.74) is -0.285. The molecule has 1 unspecified atom stereocenters. The second-order valence-corrected chi connectivity index (χ2v) is 4.62. The van der Waals surface area contributed by atoms with Crippen LogP contribution in [0, 0.1) is 11.7 Å². The van der Waals surface area contributed by atoms with Crippen LogP contribution in [0.15, 0.2) is 18.2 Å². The van der Waals surface area contributed by atoms with Crippen molar-refractivity contribution in [3.63, 3.8) is 0 Å². The van der Waals surface area contributed by atoms with Crippen molar-refractivity contribution in [3.05, 3.63) is 29.6 Å². The molecule has 0 spiro atoms. The smallest absolute Gasteiger partial charge is 0.273 e. The number of ether oxygens (including phenoxy) is 1. The highest BCUT2D eigenvalue weighted by Crippen LogP contribution is 2.37. The molecule has 0 amide bonds. The van der Waals surface area contributed by atoms with Crippen molar-refractivity contribution in [1.29, 1.82) is 0 Å². The van der Waals surface area contributed by atoms with Gasteiger partial charge in [0, 0.05) is 12.0 Å². The first kappa shape index (κ1) is 13.2. The lowest BCUT2D eigenvalue weighted by Gasteiger charge is -2.20. The van der Waals surface area contributed by atoms with Crippen molar-refractivity contribution in [1.82, 2.24) is 5.32 Å². The van der Waals surface area contributed by atoms with Gasteiger partial charge in [-0.15, -0.1) is 0 Å². The largest absolute Gasteiger partial charge is 0.494 e. The molecule has 1 aliphatic heterocycles. The van der Waals surface area contributed by atoms with Gasteiger partial charge >= 0.3 is 0 Å². The number of benzene rings is 1. The van der Waals surface area contributed by atoms with Gasteiger partial charge in [-0.2, -0.15) is 0 Å². The summed E-state index contributed by atoms with van der Waals surface area (Å²) in [6.45, 7) is 1.38. The molecule has 0 radical (unpaired) electrons. The molecule has 100 valence electrons. The number of hydrogen-bond acceptors (Lipinski definition) is 2. The van der Waals surface area contributed by atoms with Crippen LogP contribution in [0.1, 0.15) is 18.4 Å². The Morgan fingerprint density at radius 1 is 1.44 bits per heavy atom. The van der Waals surface area contributed by atoms with Gasteiger partial charge in [0.1, 0.15) is 0 Å². The minimum absolute atomic E-state index is 0.0166. The van der Waals surface area contributed by atoms with Gasteiger partial charge < -0.3 is 10.1 Å². The molecule has 1 heterocycles. The SMILES string of the molecule is COc1ccc(C(F)(F)CC2CCNC2)cc1F. The summed E-state index contributed by atoms with van der Waals surface area (Å²) in [6.07, 6.45) is 0.500. The summed E-state index contributed by atoms with van der Waals surface area (Å²) in [5.74, 6) is -3.81. The predicted molar refractivity (Wildman–Crippen MR) is 62.4 cm³/mol. The maximum Gasteiger partial charge on any atom is 0.273 e. The molecule has 0 aliphatic carbocycles. The molecule has 5 heteroatoms. The summed E-state index contributed by atoms with van der Waals surface area (Å²) in [6, 6.07) is 3.33. The number of alkyl halides is 2. The number of halogens is 3. The number of hydrogen-bond donors (Lipinski definition) is 1. The Hall–Kier alpha value is -1.23. The number of nitrogens with one attached hydrogen (secondary N) is 1. The van der Waals surface area contributed by atoms with E-state index in [1.54, 1.807) is 0 Å². The summed E-state index contributed by atoms with van der Waals surface area (Å²) < 4.78 is 46.1. The lowest BCUT2D eigenvalue weighted by molar-refractivity contribution is -0.0271. The lowest BCUT2D eigenvalue weighted by Crippen LogP contribution is -2.20. The highest BCUT2D eigenvalue weighted by molar-refractivity contribution is 5.31. The summed E-state index contributed by atoms with van der Waals surface area (Å²) >= 11 is 0. The van der Waals surface area contributed by atoms with Crippen LogP contribution in [-0.4, -0.2) is 20.2 Å². The molecule has 0 saturated carbocycles. The Morgan fingerprint density at radius 2 is 2.22 bits per heavy atom. The molecule has 1 N–H and O–H groups in total. The quantitative estimate of drug-likeness (QED) is 0.897. The molecule has 2 rings (SSSR count). The third-order valence-corrected chi connectivity index (χ3v) is 3.28. The van der Waals surface area contributed by atoms with Crippen LogP contribution in [0.3, 0.4) is 0 Å². The van der Waals surface area contributed by atoms with Crippen molar-refractivity contribution in [3.8, 4) is 5.75 Å². The maximum absolute atomic E-state index is 14.0. The van der Waals surface area contributed by atoms with Crippen molar-refractivity contribution in [2.75, 3.05) is 20.2 Å². The van der Waals surface area contributed by atoms with Crippen molar-refractivity contribution < 1.29 is 17.9 Å². The van der Waals surface area contributed by atoms with E-state index < -0.39 is 11.7 Å². The van der Waals surface area contributed by atoms with E-state index in [1.807, 2.05) is 0 Å². The zero-order chi connectivity index (χ0) is 13.2. The average molecular weight is 259 g/mol. The topological polar surface area (TPSA) is 21.3 Å². The summed E-state index contributed by atoms with van der Waals surface area (Å²) in [7, 11) is 1.31. The average Bonchev–Trinajstić information content (AvgIpc) is 2.81. The number of methoxy groups -OCH3 is 1. The highest BCUT2D eigenvalue weighted by atomic mass is 19.3. The second kappa shape index (κ2) is 5.18. The van der Waals surface area contributed by atoms with Gasteiger partial charge in [-0.1, -0.05) is 0 Å². The first-order valence-corrected chi connectivity index (χ1v) is 5.95. The molecule has 1 fully saturated rings. The molecule has 1 aromatic rings. The van der Waals surface area contributed by atoms with E-state index in [4.69, 9.17) is 4.74 Å². The minimum atomic E-state index is -3.00. The van der Waals surface area contributed by atoms with Gasteiger partial charge in [0.05, 0.1) is 7.11 Å². The van der Waals surface area contributed by atoms with Gasteiger partial charge in [-0.3, -0.25) is 0 Å². The van der Waals surface area contributed by atoms with Crippen LogP contribution in [0.25, 0.3) is 0 Å². The van der Waals surface area contributed by atoms with E-state index in [0.29, 0.717) is 6.54 Å². The Kier molecular flexibility index (Phi) is 3.80. The van der Waals surface area contributed by atoms with Crippen molar-refractivity contribution >= 4 is 0 Å². The van der Waals surface area contributed by atoms with Crippen LogP contribution >= 0.6 is 0 Å². The van der Waals surface area contributed by atoms with Gasteiger partial charge in [0.2, 0.25) is 0 Å². The van der Waals surface area contributed by atoms with Gasteiger partial charge in [0.25, 0.3) is 5.92 Å². The lowest BCUT2D eigenvalue weighted by atomic mass is 9.95. The zero-order valence-electron chi connectivity index (χ0n) is 10.2. The summed E-state index contributed by atoms with van der Waals surface area (Å²) in [5, 5.41) is 3.05. The molecular weight excluding hydrogens is 243 g/mol. The third-order valence-electron chi connectivity index (χ3n) is 3.28. The first-order valence-electron chi connectivity index (χ1n) is 5.95. The molecule has 1 aliphatic rings. The van der Waals surface area contributed by atoms with Gasteiger partial charge in [0.15, 0.2) is 11.6 Å². The van der Waals surface area contributed by atoms with Crippen LogP contribution in [0.2, 0.25) is 0 Å². The highest BCUT2D eigenvalue weighted by Gasteiger charge is 2.36. The fraction of sp³-hybridized carbons (Fsp3) is 0.538. The molecular formula is C13H16F3NO. The molecule has 0 aromatic heterocycles. The Labute approximate surface area is 104 Å². The fourth-order valence-electron chi connectivity index (χ4n) is 2.26. The molecule has 1 atom stereocenters. The monoisotopic (exact) mass is 259 g/mol. The van der Waals surface area contributed by atoms with E-state index in [1.165, 1.54) is 19.2 Å². The molecule has 1 aromatic carbocycles. The standard InChI is InChI=1S/C13H16F3NO/c1-18-12-3-2-10(6-11(12)14)13(15,16)7-9-4-5-17-8-9/h2-3,6,9,17H,4-5,7-8H2,1H3. The van der Waals surface area contributed by atoms with Crippen LogP contribution in [0.4, 0.5) is 13.2 Å². The van der Waals surface area contributed by atoms with Gasteiger partial charge in [-0.05, 0) is 43.6 Å². The van der Waals surface area contributed by atoms with E-state index in [0.717, 1.165) is 19.0 Å². The van der Waals surface area contributed by atoms with Crippen LogP contribution < -0.4 is 10.1 Å². The van der Waals surface area contributed by atoms with E-state index in [9.17, 15) is 13.2 Å². The van der Waals surface area contributed by atoms with Crippen LogP contribution in [0.5, 0.6) is 5.75 Å². The zero-order valence-corrected chi connectivity index (χ0v) is 10.2. The Morgan fingerprint density at radius 3 is 2.78 bits per heavy atom. The molecule has 0 bridgehead atoms. The number of rotatable bonds is 4. The maximum atomic E-state index is 14.0. The molecule has 18 heavy (non-hydrogen) atoms. The minimum Gasteiger partial charge on any atom is -0.494 e. The fourth-order valence-corrected chi connectivity index (χ4v) is 2.26. The Bertz CT molecular complexity index is 417. The van der Waals surface area contributed by atoms with Crippen molar-refractivity contribution in [2.24, 2.45) is 5.92 Å². The van der Waals surface area contributed by atoms with Crippen LogP contribution in [-0.2, 0) is 5.92 Å². The van der Waals surface area contributed by atoms with Crippen molar-refractivity contribution in [2.45, 2.75) is 18.8 Å². The second-order valence-electron chi connectivity index (χ2n) is 4.62. The predicted octanol–water partition coefficient (Wildman–Crippen LogP) is 2.93. The van der Waals surface area contributed by atoms with E-state index >= 15 is 0 Å². The molecule has 2 nitrogen and oxygen atoms in total. The first-order chi connectivity index (χ1) is 8.53. The summed E-state index contributed by atoms with van der Waals surface area (Å²) in [4.78, 5) is 0. The van der Waals surface area contributed by atoms with Gasteiger partial charge in [-0.25, -0.2) is 13.2 Å². The van der Waals surface area contributed by atoms with E-state index in [2.05, 4.69) is 5.32 Å². The van der Waals surface area contributed by atoms with E-state index in [-0.39, 0.29) is 23.7 Å². The normalized spacial score (nSPS) is 20.1. The molecule has 1 saturated heterocycles.